The van der Waals surface area contributed by atoms with Crippen LogP contribution >= 0.6 is 15.9 Å². The fourth-order valence-electron chi connectivity index (χ4n) is 6.80. The van der Waals surface area contributed by atoms with E-state index in [1.165, 1.54) is 32.1 Å². The molecule has 0 spiro atoms. The second-order valence-electron chi connectivity index (χ2n) is 11.8. The molecular weight excluding hydrogens is 570 g/mol. The van der Waals surface area contributed by atoms with E-state index in [9.17, 15) is 9.59 Å². The van der Waals surface area contributed by atoms with Crippen molar-refractivity contribution in [2.75, 3.05) is 24.4 Å². The quantitative estimate of drug-likeness (QED) is 0.326. The molecule has 2 saturated carbocycles. The number of anilines is 2. The van der Waals surface area contributed by atoms with Gasteiger partial charge in [0.25, 0.3) is 0 Å². The Morgan fingerprint density at radius 3 is 2.50 bits per heavy atom. The summed E-state index contributed by atoms with van der Waals surface area (Å²) in [5, 5.41) is 5.70. The summed E-state index contributed by atoms with van der Waals surface area (Å²) < 4.78 is 12.8. The Kier molecular flexibility index (Phi) is 9.68. The van der Waals surface area contributed by atoms with Crippen LogP contribution in [-0.4, -0.2) is 48.7 Å². The highest BCUT2D eigenvalue weighted by atomic mass is 79.9. The Morgan fingerprint density at radius 1 is 0.975 bits per heavy atom. The normalized spacial score (nSPS) is 26.2. The highest BCUT2D eigenvalue weighted by Crippen LogP contribution is 2.41. The molecule has 0 radical (unpaired) electrons. The van der Waals surface area contributed by atoms with E-state index in [1.807, 2.05) is 36.4 Å². The van der Waals surface area contributed by atoms with Crippen molar-refractivity contribution in [3.8, 4) is 5.75 Å². The minimum Gasteiger partial charge on any atom is -0.495 e. The lowest BCUT2D eigenvalue weighted by molar-refractivity contribution is -0.136. The fraction of sp³-hybridized carbons (Fsp3) is 0.562. The van der Waals surface area contributed by atoms with Crippen LogP contribution in [0.4, 0.5) is 16.2 Å². The molecule has 5 rings (SSSR count). The van der Waals surface area contributed by atoms with Crippen LogP contribution < -0.4 is 15.4 Å². The number of para-hydroxylation sites is 1. The second kappa shape index (κ2) is 13.4. The number of carbonyl (C=O) groups excluding carboxylic acids is 2. The molecular formula is C32H42BrN3O4. The van der Waals surface area contributed by atoms with Crippen LogP contribution in [0.1, 0.15) is 70.3 Å². The van der Waals surface area contributed by atoms with E-state index in [4.69, 9.17) is 9.47 Å². The summed E-state index contributed by atoms with van der Waals surface area (Å²) >= 11 is 3.44. The van der Waals surface area contributed by atoms with E-state index >= 15 is 0 Å². The second-order valence-corrected chi connectivity index (χ2v) is 12.6. The minimum atomic E-state index is -0.371. The molecule has 1 heterocycles. The summed E-state index contributed by atoms with van der Waals surface area (Å²) in [6, 6.07) is 13.1. The molecule has 40 heavy (non-hydrogen) atoms. The predicted octanol–water partition coefficient (Wildman–Crippen LogP) is 7.40. The zero-order valence-electron chi connectivity index (χ0n) is 23.7. The molecule has 0 aromatic heterocycles. The molecule has 3 fully saturated rings. The number of ether oxygens (including phenoxy) is 2. The Balaban J connectivity index is 1.23. The lowest BCUT2D eigenvalue weighted by Gasteiger charge is -2.35. The van der Waals surface area contributed by atoms with Gasteiger partial charge in [0.15, 0.2) is 0 Å². The molecule has 2 unspecified atom stereocenters. The van der Waals surface area contributed by atoms with E-state index in [0.29, 0.717) is 48.2 Å². The van der Waals surface area contributed by atoms with Gasteiger partial charge in [-0.1, -0.05) is 38.0 Å². The number of hydrogen-bond donors (Lipinski definition) is 2. The molecule has 3 aliphatic rings. The number of nitrogens with one attached hydrogen (secondary N) is 2. The number of urea groups is 1. The summed E-state index contributed by atoms with van der Waals surface area (Å²) in [4.78, 5) is 28.6. The summed E-state index contributed by atoms with van der Waals surface area (Å²) in [6.07, 6.45) is 11.2. The molecule has 2 aromatic rings. The molecule has 0 bridgehead atoms. The maximum absolute atomic E-state index is 13.8. The third kappa shape index (κ3) is 7.00. The van der Waals surface area contributed by atoms with Crippen LogP contribution in [0, 0.1) is 11.8 Å². The molecule has 7 nitrogen and oxygen atoms in total. The van der Waals surface area contributed by atoms with Crippen LogP contribution in [-0.2, 0) is 16.0 Å². The predicted molar refractivity (Wildman–Crippen MR) is 162 cm³/mol. The maximum atomic E-state index is 13.8. The average molecular weight is 613 g/mol. The van der Waals surface area contributed by atoms with Crippen molar-refractivity contribution < 1.29 is 19.1 Å². The molecule has 2 N–H and O–H groups in total. The molecule has 2 aromatic carbocycles. The Labute approximate surface area is 246 Å². The van der Waals surface area contributed by atoms with Crippen LogP contribution in [0.3, 0.4) is 0 Å². The first-order valence-electron chi connectivity index (χ1n) is 14.8. The van der Waals surface area contributed by atoms with Crippen LogP contribution in [0.15, 0.2) is 46.9 Å². The van der Waals surface area contributed by atoms with Gasteiger partial charge in [0, 0.05) is 10.5 Å². The van der Waals surface area contributed by atoms with Gasteiger partial charge in [0.05, 0.1) is 43.7 Å². The van der Waals surface area contributed by atoms with Crippen molar-refractivity contribution in [2.24, 2.45) is 11.8 Å². The van der Waals surface area contributed by atoms with Gasteiger partial charge in [-0.3, -0.25) is 4.79 Å². The summed E-state index contributed by atoms with van der Waals surface area (Å²) in [5.74, 6) is 2.07. The zero-order chi connectivity index (χ0) is 28.1. The molecule has 2 aliphatic carbocycles. The zero-order valence-corrected chi connectivity index (χ0v) is 25.3. The van der Waals surface area contributed by atoms with Crippen molar-refractivity contribution in [2.45, 2.75) is 89.3 Å². The first-order chi connectivity index (χ1) is 19.4. The van der Waals surface area contributed by atoms with E-state index in [2.05, 4.69) is 38.4 Å². The number of benzene rings is 2. The SMILES string of the molecule is COc1cc(CC(=O)N2C3CCCCC3C[C@H]2COC2CCC(C)CC2)ccc1NC(=O)Nc1ccccc1Br. The van der Waals surface area contributed by atoms with Crippen LogP contribution in [0.5, 0.6) is 5.75 Å². The number of nitrogens with zero attached hydrogens (tertiary/aromatic N) is 1. The Bertz CT molecular complexity index is 1180. The third-order valence-electron chi connectivity index (χ3n) is 8.96. The summed E-state index contributed by atoms with van der Waals surface area (Å²) in [7, 11) is 1.57. The number of rotatable bonds is 8. The van der Waals surface area contributed by atoms with Crippen LogP contribution in [0.25, 0.3) is 0 Å². The molecule has 8 heteroatoms. The fourth-order valence-corrected chi connectivity index (χ4v) is 7.18. The van der Waals surface area contributed by atoms with E-state index < -0.39 is 0 Å². The van der Waals surface area contributed by atoms with Crippen molar-refractivity contribution in [3.63, 3.8) is 0 Å². The molecule has 216 valence electrons. The van der Waals surface area contributed by atoms with Crippen LogP contribution in [0.2, 0.25) is 0 Å². The largest absolute Gasteiger partial charge is 0.495 e. The van der Waals surface area contributed by atoms with Gasteiger partial charge in [-0.25, -0.2) is 4.79 Å². The van der Waals surface area contributed by atoms with Gasteiger partial charge < -0.3 is 25.0 Å². The lowest BCUT2D eigenvalue weighted by atomic mass is 9.84. The number of carbonyl (C=O) groups is 2. The van der Waals surface area contributed by atoms with Crippen molar-refractivity contribution in [3.05, 3.63) is 52.5 Å². The van der Waals surface area contributed by atoms with E-state index in [1.54, 1.807) is 13.2 Å². The molecule has 1 saturated heterocycles. The number of fused-ring (bicyclic) bond motifs is 1. The monoisotopic (exact) mass is 611 g/mol. The minimum absolute atomic E-state index is 0.156. The van der Waals surface area contributed by atoms with Crippen molar-refractivity contribution in [1.82, 2.24) is 4.90 Å². The van der Waals surface area contributed by atoms with Gasteiger partial charge in [0.1, 0.15) is 5.75 Å². The first kappa shape index (κ1) is 28.9. The number of methoxy groups -OCH3 is 1. The summed E-state index contributed by atoms with van der Waals surface area (Å²) in [5.41, 5.74) is 2.09. The Morgan fingerprint density at radius 2 is 1.73 bits per heavy atom. The van der Waals surface area contributed by atoms with Crippen molar-refractivity contribution >= 4 is 39.2 Å². The number of amides is 3. The number of hydrogen-bond acceptors (Lipinski definition) is 4. The average Bonchev–Trinajstić information content (AvgIpc) is 3.33. The van der Waals surface area contributed by atoms with E-state index in [-0.39, 0.29) is 18.0 Å². The van der Waals surface area contributed by atoms with Crippen molar-refractivity contribution in [1.29, 1.82) is 0 Å². The number of likely N-dealkylation sites (tertiary alicyclic amines) is 1. The molecule has 3 amide bonds. The van der Waals surface area contributed by atoms with Gasteiger partial charge in [-0.2, -0.15) is 0 Å². The molecule has 1 aliphatic heterocycles. The standard InChI is InChI=1S/C32H42BrN3O4/c1-21-11-14-25(15-12-21)40-20-24-19-23-7-3-6-10-29(23)36(24)31(37)18-22-13-16-28(30(17-22)39-2)35-32(38)34-27-9-5-4-8-26(27)33/h4-5,8-9,13,16-17,21,23-25,29H,3,6-7,10-12,14-15,18-20H2,1-2H3,(H2,34,35,38)/t21?,23?,24-,25?,29?/m0/s1. The molecule has 3 atom stereocenters. The highest BCUT2D eigenvalue weighted by Gasteiger charge is 2.44. The number of halogens is 1. The first-order valence-corrected chi connectivity index (χ1v) is 15.6. The lowest BCUT2D eigenvalue weighted by Crippen LogP contribution is -2.46. The van der Waals surface area contributed by atoms with Gasteiger partial charge in [0.2, 0.25) is 5.91 Å². The Hall–Kier alpha value is -2.58. The topological polar surface area (TPSA) is 79.9 Å². The van der Waals surface area contributed by atoms with E-state index in [0.717, 1.165) is 41.6 Å². The van der Waals surface area contributed by atoms with Gasteiger partial charge in [-0.15, -0.1) is 0 Å². The maximum Gasteiger partial charge on any atom is 0.323 e. The highest BCUT2D eigenvalue weighted by molar-refractivity contribution is 9.10. The van der Waals surface area contributed by atoms with Gasteiger partial charge in [-0.05, 0) is 103 Å². The smallest absolute Gasteiger partial charge is 0.323 e. The summed E-state index contributed by atoms with van der Waals surface area (Å²) in [6.45, 7) is 2.98. The van der Waals surface area contributed by atoms with Gasteiger partial charge >= 0.3 is 6.03 Å². The third-order valence-corrected chi connectivity index (χ3v) is 9.65.